The summed E-state index contributed by atoms with van der Waals surface area (Å²) in [6.07, 6.45) is -17.8. The van der Waals surface area contributed by atoms with Gasteiger partial charge in [-0.3, -0.25) is 37.9 Å². The van der Waals surface area contributed by atoms with Crippen LogP contribution in [0.2, 0.25) is 0 Å². The SMILES string of the molecule is [2H]C(NS(=O)(=O)c1ccc(OCCC)c(-c2nc3c(C([2H])([2H])C([2H])([2H])C)nn(C([2H])([2H])[2H])c3c(=O)[nH]2)c1)C([2H])([2H])C1CCCN1C.[2H]C(NS(=O)(=O)c1ccc(OCCC)c(-c2nc3c(CC([2H])([2H])C)nn(C)c3c(=O)[nH]2)c1)C([2H])([2H])C1CCCN1C.[2H]C([2H])(CNS(=O)(=O)c1ccc(OCCC)c(-c2nc3c(CC([2H])([2H])C([2H])([2H])[2H])nn(C)c3c(=O)[nH]2)c1)C1CCCN1C.[2H]C([2H])([2H])n1nc(C([2H])([2H])C([2H])([2H])C)c2nc(-c3cc(S(=O)(=O)NC([2H])([2H])C([2H])([2H])C4CCCN4C)ccc3OCCC)[nH]c(=O)c21. The first-order valence-electron chi connectivity index (χ1n) is 63.3. The van der Waals surface area contributed by atoms with Crippen molar-refractivity contribution in [3.05, 3.63) is 137 Å². The molecule has 0 radical (unpaired) electrons. The zero-order valence-corrected chi connectivity index (χ0v) is 85.2. The second-order valence-electron chi connectivity index (χ2n) is 34.1. The highest BCUT2D eigenvalue weighted by atomic mass is 32.2. The van der Waals surface area contributed by atoms with Gasteiger partial charge in [0.05, 0.1) is 91.0 Å². The molecule has 144 heavy (non-hydrogen) atoms. The number of aryl methyl sites for hydroxylation is 8. The average molecular weight is 2100 g/mol. The Hall–Kier alpha value is -11.0. The van der Waals surface area contributed by atoms with E-state index in [4.69, 9.17) is 64.2 Å². The monoisotopic (exact) mass is 2100 g/mol. The van der Waals surface area contributed by atoms with Gasteiger partial charge in [-0.2, -0.15) is 20.4 Å². The largest absolute Gasteiger partial charge is 0.493 e. The molecule has 8 aromatic heterocycles. The normalized spacial score (nSPS) is 21.9. The van der Waals surface area contributed by atoms with Crippen molar-refractivity contribution in [2.75, 3.05) is 107 Å². The highest BCUT2D eigenvalue weighted by Gasteiger charge is 2.32. The summed E-state index contributed by atoms with van der Waals surface area (Å²) in [6.45, 7) is -2.26. The van der Waals surface area contributed by atoms with Gasteiger partial charge in [0.1, 0.15) is 68.4 Å². The van der Waals surface area contributed by atoms with E-state index in [2.05, 4.69) is 74.4 Å². The molecule has 8 N–H and O–H groups in total. The lowest BCUT2D eigenvalue weighted by atomic mass is 10.1. The van der Waals surface area contributed by atoms with E-state index >= 15 is 0 Å². The van der Waals surface area contributed by atoms with Crippen molar-refractivity contribution in [3.63, 3.8) is 0 Å². The first-order chi connectivity index (χ1) is 81.3. The van der Waals surface area contributed by atoms with Crippen molar-refractivity contribution >= 4 is 84.2 Å². The minimum Gasteiger partial charge on any atom is -0.493 e. The number of rotatable bonds is 44. The third-order valence-corrected chi connectivity index (χ3v) is 28.9. The predicted octanol–water partition coefficient (Wildman–Crippen LogP) is 11.3. The number of hydrogen-bond donors (Lipinski definition) is 8. The van der Waals surface area contributed by atoms with Gasteiger partial charge in [0.2, 0.25) is 40.1 Å². The first kappa shape index (κ1) is 73.1. The highest BCUT2D eigenvalue weighted by Crippen LogP contribution is 2.38. The molecule has 0 amide bonds. The Morgan fingerprint density at radius 3 is 0.958 bits per heavy atom. The first-order valence-corrected chi connectivity index (χ1v) is 52.6. The maximum Gasteiger partial charge on any atom is 0.277 e. The number of aromatic amines is 4. The summed E-state index contributed by atoms with van der Waals surface area (Å²) in [6, 6.07) is 12.2. The van der Waals surface area contributed by atoms with E-state index in [0.717, 1.165) is 51.4 Å². The van der Waals surface area contributed by atoms with Gasteiger partial charge >= 0.3 is 0 Å². The van der Waals surface area contributed by atoms with Crippen LogP contribution < -0.4 is 60.1 Å². The van der Waals surface area contributed by atoms with Crippen LogP contribution in [0.5, 0.6) is 23.0 Å². The summed E-state index contributed by atoms with van der Waals surface area (Å²) in [4.78, 5) is 86.2. The predicted molar refractivity (Wildman–Crippen MR) is 559 cm³/mol. The van der Waals surface area contributed by atoms with Crippen LogP contribution in [0.3, 0.4) is 0 Å². The quantitative estimate of drug-likeness (QED) is 0.0176. The number of hydrogen-bond acceptors (Lipinski definition) is 28. The number of likely N-dealkylation sites (tertiary alicyclic amines) is 4. The van der Waals surface area contributed by atoms with Crippen LogP contribution in [0.25, 0.3) is 89.7 Å². The van der Waals surface area contributed by atoms with Gasteiger partial charge in [-0.1, -0.05) is 80.8 Å². The standard InChI is InChI=1S/4C25H36N6O4S/c4*1-5-8-20-22-23(31(4)29-20)25(32)28-24(27-22)19-16-18(10-11-21(19)35-15-6-2)36(33,34)26-13-12-17-9-7-14-30(17)3/h4*10-11,16-17,26H,5-9,12-15H2,1-4H3,(H,27,28,32)/i4D3,5D2,8D2,12D2,13D2;4D3,5D2,8D2,12D2,13D;5D2,12D2,13D;1D3,5D2,12D2. The van der Waals surface area contributed by atoms with Crippen molar-refractivity contribution < 1.29 is 97.9 Å². The molecule has 4 aromatic carbocycles. The van der Waals surface area contributed by atoms with Gasteiger partial charge in [0.25, 0.3) is 22.2 Å². The van der Waals surface area contributed by atoms with E-state index in [-0.39, 0.29) is 137 Å². The van der Waals surface area contributed by atoms with Crippen LogP contribution in [0, 0.1) is 0 Å². The summed E-state index contributed by atoms with van der Waals surface area (Å²) < 4.78 is 411. The molecule has 4 saturated heterocycles. The van der Waals surface area contributed by atoms with Gasteiger partial charge in [0.15, 0.2) is 22.1 Å². The maximum atomic E-state index is 13.6. The van der Waals surface area contributed by atoms with Crippen molar-refractivity contribution in [1.29, 1.82) is 0 Å². The number of sulfonamides is 4. The second-order valence-corrected chi connectivity index (χ2v) is 41.0. The molecule has 0 bridgehead atoms. The number of ether oxygens (including phenoxy) is 4. The number of nitrogens with zero attached hydrogens (tertiary/aromatic N) is 16. The Kier molecular flexibility index (Phi) is 25.3. The Bertz CT molecular complexity index is 8840. The lowest BCUT2D eigenvalue weighted by Crippen LogP contribution is -2.31. The zero-order chi connectivity index (χ0) is 132. The summed E-state index contributed by atoms with van der Waals surface area (Å²) in [5.41, 5.74) is -6.88. The molecule has 4 fully saturated rings. The number of fused-ring (bicyclic) bond motifs is 4. The van der Waals surface area contributed by atoms with Crippen molar-refractivity contribution in [1.82, 2.24) is 117 Å². The molecule has 4 aliphatic rings. The number of nitrogens with one attached hydrogen (secondary N) is 8. The zero-order valence-electron chi connectivity index (χ0n) is 115. The van der Waals surface area contributed by atoms with E-state index in [0.29, 0.717) is 95.1 Å². The molecule has 4 aliphatic heterocycles. The maximum absolute atomic E-state index is 13.6. The molecule has 6 atom stereocenters. The third kappa shape index (κ3) is 26.5. The van der Waals surface area contributed by atoms with Crippen LogP contribution in [-0.2, 0) is 93.7 Å². The van der Waals surface area contributed by atoms with Crippen LogP contribution in [0.4, 0.5) is 0 Å². The Morgan fingerprint density at radius 2 is 0.660 bits per heavy atom. The molecule has 6 unspecified atom stereocenters. The van der Waals surface area contributed by atoms with Crippen LogP contribution in [0.15, 0.2) is 112 Å². The number of aromatic nitrogens is 16. The Labute approximate surface area is 889 Å². The summed E-state index contributed by atoms with van der Waals surface area (Å²) >= 11 is 0. The highest BCUT2D eigenvalue weighted by molar-refractivity contribution is 7.90. The topological polar surface area (TPSA) is 489 Å². The molecule has 12 heterocycles. The smallest absolute Gasteiger partial charge is 0.277 e. The molecule has 12 aromatic rings. The Balaban J connectivity index is 0.000000192. The number of H-pyrrole nitrogens is 4. The van der Waals surface area contributed by atoms with E-state index in [1.54, 1.807) is 56.9 Å². The molecule has 0 aliphatic carbocycles. The second kappa shape index (κ2) is 49.9. The summed E-state index contributed by atoms with van der Waals surface area (Å²) in [5, 5.41) is 16.0. The summed E-state index contributed by atoms with van der Waals surface area (Å²) in [7, 11) is -8.04. The molecule has 0 spiro atoms. The van der Waals surface area contributed by atoms with E-state index in [9.17, 15) is 52.8 Å². The molecule has 784 valence electrons. The lowest BCUT2D eigenvalue weighted by Gasteiger charge is -2.19. The average Bonchev–Trinajstić information content (AvgIpc) is 1.57. The molecule has 44 heteroatoms. The fraction of sp³-hybridized carbons (Fsp3) is 0.560. The molecular weight excluding hydrogens is 1920 g/mol. The van der Waals surface area contributed by atoms with Gasteiger partial charge in [-0.05, 0) is 255 Å². The minimum atomic E-state index is -4.79. The third-order valence-electron chi connectivity index (χ3n) is 23.7. The van der Waals surface area contributed by atoms with Crippen molar-refractivity contribution in [2.24, 2.45) is 28.0 Å². The Morgan fingerprint density at radius 1 is 0.368 bits per heavy atom. The van der Waals surface area contributed by atoms with Crippen molar-refractivity contribution in [3.8, 4) is 68.5 Å². The minimum absolute atomic E-state index is 0.00176. The van der Waals surface area contributed by atoms with Crippen LogP contribution in [-0.4, -0.2) is 263 Å². The van der Waals surface area contributed by atoms with Gasteiger partial charge in [0, 0.05) is 124 Å². The van der Waals surface area contributed by atoms with Gasteiger partial charge < -0.3 is 58.5 Å². The molecule has 40 nitrogen and oxygen atoms in total. The summed E-state index contributed by atoms with van der Waals surface area (Å²) in [5.74, 6) is -0.330. The fourth-order valence-electron chi connectivity index (χ4n) is 16.4. The number of benzene rings is 4. The molecule has 0 saturated carbocycles. The van der Waals surface area contributed by atoms with Crippen molar-refractivity contribution in [2.45, 2.75) is 253 Å². The lowest BCUT2D eigenvalue weighted by molar-refractivity contribution is 0.297. The molecular formula is C100H144N24O16S4. The fourth-order valence-corrected chi connectivity index (χ4v) is 19.9. The van der Waals surface area contributed by atoms with E-state index < -0.39 is 253 Å². The van der Waals surface area contributed by atoms with Gasteiger partial charge in [-0.15, -0.1) is 0 Å². The van der Waals surface area contributed by atoms with Crippen LogP contribution >= 0.6 is 0 Å². The van der Waals surface area contributed by atoms with Crippen LogP contribution in [0.1, 0.15) is 251 Å². The van der Waals surface area contributed by atoms with E-state index in [1.807, 2.05) is 30.4 Å². The van der Waals surface area contributed by atoms with Gasteiger partial charge in [-0.25, -0.2) is 72.5 Å². The van der Waals surface area contributed by atoms with E-state index in [1.165, 1.54) is 77.9 Å². The molecule has 16 rings (SSSR count).